The van der Waals surface area contributed by atoms with E-state index in [1.165, 1.54) is 7.05 Å². The highest BCUT2D eigenvalue weighted by Gasteiger charge is 2.43. The quantitative estimate of drug-likeness (QED) is 0.585. The molecule has 0 aliphatic carbocycles. The monoisotopic (exact) mass is 443 g/mol. The van der Waals surface area contributed by atoms with E-state index in [1.54, 1.807) is 30.3 Å². The maximum Gasteiger partial charge on any atom is 0.433 e. The molecule has 0 unspecified atom stereocenters. The molecule has 2 aromatic heterocycles. The van der Waals surface area contributed by atoms with Crippen LogP contribution in [0.25, 0.3) is 0 Å². The molecule has 0 aliphatic rings. The number of rotatable bonds is 4. The molecule has 1 N–H and O–H groups in total. The summed E-state index contributed by atoms with van der Waals surface area (Å²) in [6.45, 7) is 0. The maximum atomic E-state index is 13.9. The molecule has 31 heavy (non-hydrogen) atoms. The lowest BCUT2D eigenvalue weighted by molar-refractivity contribution is -0.141. The minimum absolute atomic E-state index is 0.361. The third kappa shape index (κ3) is 4.62. The van der Waals surface area contributed by atoms with Crippen molar-refractivity contribution in [3.8, 4) is 0 Å². The normalized spacial score (nSPS) is 12.0. The van der Waals surface area contributed by atoms with E-state index in [2.05, 4.69) is 15.4 Å². The van der Waals surface area contributed by atoms with Gasteiger partial charge in [-0.1, -0.05) is 18.2 Å². The van der Waals surface area contributed by atoms with E-state index in [1.807, 2.05) is 0 Å². The van der Waals surface area contributed by atoms with Gasteiger partial charge in [-0.25, -0.2) is 0 Å². The minimum atomic E-state index is -4.96. The number of hydrogen-bond acceptors (Lipinski definition) is 4. The Morgan fingerprint density at radius 2 is 1.68 bits per heavy atom. The highest BCUT2D eigenvalue weighted by Crippen LogP contribution is 2.40. The van der Waals surface area contributed by atoms with Gasteiger partial charge in [0.15, 0.2) is 5.82 Å². The maximum absolute atomic E-state index is 13.9. The van der Waals surface area contributed by atoms with Crippen LogP contribution in [0.15, 0.2) is 48.7 Å². The van der Waals surface area contributed by atoms with Gasteiger partial charge in [0.05, 0.1) is 0 Å². The number of amides is 1. The van der Waals surface area contributed by atoms with Crippen LogP contribution in [0.2, 0.25) is 0 Å². The first-order valence-electron chi connectivity index (χ1n) is 8.67. The molecule has 0 saturated heterocycles. The molecule has 0 radical (unpaired) electrons. The van der Waals surface area contributed by atoms with Crippen LogP contribution in [-0.2, 0) is 19.4 Å². The first kappa shape index (κ1) is 22.1. The molecule has 0 atom stereocenters. The van der Waals surface area contributed by atoms with Gasteiger partial charge in [-0.15, -0.1) is 0 Å². The predicted octanol–water partition coefficient (Wildman–Crippen LogP) is 4.87. The SMILES string of the molecule is CN(c1ccccc1)c1nn(C)c(C(=O)Nc2ccnc(C(F)(F)F)c2)c1C(F)(F)F. The average Bonchev–Trinajstić information content (AvgIpc) is 3.05. The van der Waals surface area contributed by atoms with E-state index >= 15 is 0 Å². The average molecular weight is 443 g/mol. The Balaban J connectivity index is 2.03. The number of pyridine rings is 1. The molecule has 164 valence electrons. The van der Waals surface area contributed by atoms with Gasteiger partial charge < -0.3 is 10.2 Å². The zero-order valence-electron chi connectivity index (χ0n) is 16.1. The third-order valence-electron chi connectivity index (χ3n) is 4.30. The minimum Gasteiger partial charge on any atom is -0.327 e. The molecule has 1 aromatic carbocycles. The van der Waals surface area contributed by atoms with Crippen LogP contribution < -0.4 is 10.2 Å². The van der Waals surface area contributed by atoms with E-state index in [0.717, 1.165) is 28.9 Å². The number of alkyl halides is 6. The fraction of sp³-hybridized carbons (Fsp3) is 0.211. The van der Waals surface area contributed by atoms with Crippen LogP contribution in [0.1, 0.15) is 21.7 Å². The van der Waals surface area contributed by atoms with Crippen molar-refractivity contribution in [3.63, 3.8) is 0 Å². The Labute approximate surface area is 172 Å². The lowest BCUT2D eigenvalue weighted by Crippen LogP contribution is -2.22. The van der Waals surface area contributed by atoms with Crippen molar-refractivity contribution in [2.45, 2.75) is 12.4 Å². The summed E-state index contributed by atoms with van der Waals surface area (Å²) in [5, 5.41) is 5.90. The second-order valence-electron chi connectivity index (χ2n) is 6.44. The molecule has 6 nitrogen and oxygen atoms in total. The topological polar surface area (TPSA) is 63.1 Å². The molecule has 3 rings (SSSR count). The summed E-state index contributed by atoms with van der Waals surface area (Å²) in [6, 6.07) is 9.61. The highest BCUT2D eigenvalue weighted by atomic mass is 19.4. The number of benzene rings is 1. The van der Waals surface area contributed by atoms with E-state index in [-0.39, 0.29) is 5.69 Å². The standard InChI is InChI=1S/C19H15F6N5O/c1-29(12-6-4-3-5-7-12)16-14(19(23,24)25)15(30(2)28-16)17(31)27-11-8-9-26-13(10-11)18(20,21)22/h3-10H,1-2H3,(H,26,27,31). The highest BCUT2D eigenvalue weighted by molar-refractivity contribution is 6.05. The Morgan fingerprint density at radius 1 is 1.03 bits per heavy atom. The van der Waals surface area contributed by atoms with Gasteiger partial charge in [-0.3, -0.25) is 14.5 Å². The predicted molar refractivity (Wildman–Crippen MR) is 99.9 cm³/mol. The number of hydrogen-bond donors (Lipinski definition) is 1. The van der Waals surface area contributed by atoms with Crippen LogP contribution in [0, 0.1) is 0 Å². The van der Waals surface area contributed by atoms with Gasteiger partial charge in [0.2, 0.25) is 0 Å². The van der Waals surface area contributed by atoms with Crippen molar-refractivity contribution >= 4 is 23.1 Å². The van der Waals surface area contributed by atoms with Gasteiger partial charge >= 0.3 is 12.4 Å². The lowest BCUT2D eigenvalue weighted by Gasteiger charge is -2.19. The third-order valence-corrected chi connectivity index (χ3v) is 4.30. The molecule has 0 aliphatic heterocycles. The Morgan fingerprint density at radius 3 is 2.26 bits per heavy atom. The first-order valence-corrected chi connectivity index (χ1v) is 8.67. The van der Waals surface area contributed by atoms with E-state index in [9.17, 15) is 31.1 Å². The number of para-hydroxylation sites is 1. The lowest BCUT2D eigenvalue weighted by atomic mass is 10.1. The summed E-state index contributed by atoms with van der Waals surface area (Å²) in [7, 11) is 2.49. The number of nitrogens with zero attached hydrogens (tertiary/aromatic N) is 4. The zero-order valence-corrected chi connectivity index (χ0v) is 16.1. The molecule has 0 spiro atoms. The molecule has 2 heterocycles. The Bertz CT molecular complexity index is 1090. The van der Waals surface area contributed by atoms with Gasteiger partial charge in [0, 0.05) is 31.7 Å². The molecule has 12 heteroatoms. The number of anilines is 3. The molecule has 0 fully saturated rings. The summed E-state index contributed by atoms with van der Waals surface area (Å²) >= 11 is 0. The van der Waals surface area contributed by atoms with Crippen LogP contribution in [-0.4, -0.2) is 27.7 Å². The van der Waals surface area contributed by atoms with Crippen molar-refractivity contribution in [1.82, 2.24) is 14.8 Å². The van der Waals surface area contributed by atoms with Crippen LogP contribution in [0.4, 0.5) is 43.5 Å². The fourth-order valence-electron chi connectivity index (χ4n) is 2.89. The summed E-state index contributed by atoms with van der Waals surface area (Å²) in [6.07, 6.45) is -8.95. The second-order valence-corrected chi connectivity index (χ2v) is 6.44. The number of halogens is 6. The van der Waals surface area contributed by atoms with E-state index in [0.29, 0.717) is 11.8 Å². The molecule has 0 saturated carbocycles. The first-order chi connectivity index (χ1) is 14.4. The molecule has 1 amide bonds. The van der Waals surface area contributed by atoms with Crippen molar-refractivity contribution in [2.24, 2.45) is 7.05 Å². The molecule has 3 aromatic rings. The number of carbonyl (C=O) groups is 1. The molecule has 0 bridgehead atoms. The van der Waals surface area contributed by atoms with Crippen LogP contribution in [0.3, 0.4) is 0 Å². The number of nitrogens with one attached hydrogen (secondary N) is 1. The molecular formula is C19H15F6N5O. The van der Waals surface area contributed by atoms with Crippen molar-refractivity contribution in [3.05, 3.63) is 65.6 Å². The van der Waals surface area contributed by atoms with E-state index < -0.39 is 41.0 Å². The number of carbonyl (C=O) groups excluding carboxylic acids is 1. The van der Waals surface area contributed by atoms with Crippen LogP contribution in [0.5, 0.6) is 0 Å². The number of aryl methyl sites for hydroxylation is 1. The summed E-state index contributed by atoms with van der Waals surface area (Å²) in [5.41, 5.74) is -3.43. The summed E-state index contributed by atoms with van der Waals surface area (Å²) < 4.78 is 80.9. The Kier molecular flexibility index (Phi) is 5.66. The fourth-order valence-corrected chi connectivity index (χ4v) is 2.89. The van der Waals surface area contributed by atoms with Gasteiger partial charge in [0.25, 0.3) is 5.91 Å². The van der Waals surface area contributed by atoms with Gasteiger partial charge in [-0.2, -0.15) is 31.4 Å². The van der Waals surface area contributed by atoms with Gasteiger partial charge in [0.1, 0.15) is 17.0 Å². The van der Waals surface area contributed by atoms with Gasteiger partial charge in [-0.05, 0) is 24.3 Å². The van der Waals surface area contributed by atoms with Crippen molar-refractivity contribution in [2.75, 3.05) is 17.3 Å². The van der Waals surface area contributed by atoms with Crippen LogP contribution >= 0.6 is 0 Å². The number of aromatic nitrogens is 3. The zero-order chi connectivity index (χ0) is 23.0. The second kappa shape index (κ2) is 7.93. The Hall–Kier alpha value is -3.57. The van der Waals surface area contributed by atoms with Crippen molar-refractivity contribution < 1.29 is 31.1 Å². The largest absolute Gasteiger partial charge is 0.433 e. The van der Waals surface area contributed by atoms with Crippen molar-refractivity contribution in [1.29, 1.82) is 0 Å². The summed E-state index contributed by atoms with van der Waals surface area (Å²) in [4.78, 5) is 16.9. The molecular weight excluding hydrogens is 428 g/mol. The smallest absolute Gasteiger partial charge is 0.327 e. The van der Waals surface area contributed by atoms with E-state index in [4.69, 9.17) is 0 Å². The summed E-state index contributed by atoms with van der Waals surface area (Å²) in [5.74, 6) is -1.80.